The molecule has 1 aromatic heterocycles. The molecule has 1 fully saturated rings. The summed E-state index contributed by atoms with van der Waals surface area (Å²) in [4.78, 5) is 8.20. The minimum absolute atomic E-state index is 0.169. The highest BCUT2D eigenvalue weighted by atomic mass is 32.2. The van der Waals surface area contributed by atoms with Crippen LogP contribution in [0.3, 0.4) is 0 Å². The van der Waals surface area contributed by atoms with Crippen LogP contribution in [0.5, 0.6) is 0 Å². The van der Waals surface area contributed by atoms with Crippen LogP contribution >= 0.6 is 0 Å². The zero-order valence-electron chi connectivity index (χ0n) is 9.83. The number of hydrogen-bond donors (Lipinski definition) is 1. The summed E-state index contributed by atoms with van der Waals surface area (Å²) in [6, 6.07) is 2.06. The van der Waals surface area contributed by atoms with E-state index in [0.717, 1.165) is 25.7 Å². The topological polar surface area (TPSA) is 72.0 Å². The van der Waals surface area contributed by atoms with Crippen molar-refractivity contribution in [1.82, 2.24) is 9.97 Å². The molecule has 1 aromatic rings. The maximum atomic E-state index is 11.4. The van der Waals surface area contributed by atoms with Crippen LogP contribution in [0, 0.1) is 0 Å². The second-order valence-electron chi connectivity index (χ2n) is 4.52. The molecule has 0 atom stereocenters. The average Bonchev–Trinajstić information content (AvgIpc) is 2.30. The highest BCUT2D eigenvalue weighted by Crippen LogP contribution is 2.25. The first-order chi connectivity index (χ1) is 8.05. The van der Waals surface area contributed by atoms with Crippen molar-refractivity contribution in [2.24, 2.45) is 0 Å². The van der Waals surface area contributed by atoms with E-state index in [0.29, 0.717) is 5.95 Å². The third-order valence-corrected chi connectivity index (χ3v) is 4.86. The molecule has 5 nitrogen and oxygen atoms in total. The van der Waals surface area contributed by atoms with Gasteiger partial charge in [0, 0.05) is 24.7 Å². The third kappa shape index (κ3) is 3.39. The van der Waals surface area contributed by atoms with Gasteiger partial charge in [-0.2, -0.15) is 0 Å². The Bertz CT molecular complexity index is 453. The van der Waals surface area contributed by atoms with Gasteiger partial charge in [-0.05, 0) is 31.7 Å². The Morgan fingerprint density at radius 3 is 2.29 bits per heavy atom. The molecule has 1 heterocycles. The molecule has 1 N–H and O–H groups in total. The maximum Gasteiger partial charge on any atom is 0.222 e. The first-order valence-corrected chi connectivity index (χ1v) is 7.73. The molecular weight excluding hydrogens is 238 g/mol. The first kappa shape index (κ1) is 12.3. The number of nitrogens with one attached hydrogen (secondary N) is 1. The van der Waals surface area contributed by atoms with Crippen LogP contribution in [-0.4, -0.2) is 35.9 Å². The monoisotopic (exact) mass is 255 g/mol. The summed E-state index contributed by atoms with van der Waals surface area (Å²) >= 11 is 0. The quantitative estimate of drug-likeness (QED) is 0.880. The zero-order chi connectivity index (χ0) is 12.3. The van der Waals surface area contributed by atoms with Gasteiger partial charge in [-0.1, -0.05) is 0 Å². The van der Waals surface area contributed by atoms with Crippen molar-refractivity contribution in [2.45, 2.75) is 37.0 Å². The van der Waals surface area contributed by atoms with Gasteiger partial charge in [0.1, 0.15) is 9.84 Å². The molecule has 6 heteroatoms. The van der Waals surface area contributed by atoms with Gasteiger partial charge in [0.05, 0.1) is 5.25 Å². The SMILES string of the molecule is CS(=O)(=O)C1CCC(Nc2ncccn2)CC1. The second-order valence-corrected chi connectivity index (χ2v) is 6.85. The van der Waals surface area contributed by atoms with Gasteiger partial charge in [-0.3, -0.25) is 0 Å². The van der Waals surface area contributed by atoms with Gasteiger partial charge in [0.15, 0.2) is 0 Å². The zero-order valence-corrected chi connectivity index (χ0v) is 10.7. The lowest BCUT2D eigenvalue weighted by Crippen LogP contribution is -2.32. The molecule has 2 rings (SSSR count). The number of sulfone groups is 1. The molecule has 17 heavy (non-hydrogen) atoms. The number of hydrogen-bond acceptors (Lipinski definition) is 5. The Balaban J connectivity index is 1.88. The molecule has 1 saturated carbocycles. The summed E-state index contributed by atoms with van der Waals surface area (Å²) in [7, 11) is -2.88. The molecule has 94 valence electrons. The smallest absolute Gasteiger partial charge is 0.222 e. The van der Waals surface area contributed by atoms with Gasteiger partial charge in [-0.15, -0.1) is 0 Å². The Morgan fingerprint density at radius 2 is 1.76 bits per heavy atom. The summed E-state index contributed by atoms with van der Waals surface area (Å²) in [5, 5.41) is 3.07. The van der Waals surface area contributed by atoms with Gasteiger partial charge in [-0.25, -0.2) is 18.4 Å². The summed E-state index contributed by atoms with van der Waals surface area (Å²) in [6.45, 7) is 0. The molecular formula is C11H17N3O2S. The van der Waals surface area contributed by atoms with Crippen LogP contribution in [0.25, 0.3) is 0 Å². The normalized spacial score (nSPS) is 25.5. The Labute approximate surface area is 102 Å². The van der Waals surface area contributed by atoms with Crippen LogP contribution in [0.15, 0.2) is 18.5 Å². The third-order valence-electron chi connectivity index (χ3n) is 3.18. The fourth-order valence-electron chi connectivity index (χ4n) is 2.19. The molecule has 0 amide bonds. The number of aromatic nitrogens is 2. The average molecular weight is 255 g/mol. The largest absolute Gasteiger partial charge is 0.351 e. The van der Waals surface area contributed by atoms with Crippen LogP contribution in [0.4, 0.5) is 5.95 Å². The Morgan fingerprint density at radius 1 is 1.18 bits per heavy atom. The van der Waals surface area contributed by atoms with Crippen LogP contribution in [0.1, 0.15) is 25.7 Å². The first-order valence-electron chi connectivity index (χ1n) is 5.78. The lowest BCUT2D eigenvalue weighted by atomic mass is 9.95. The van der Waals surface area contributed by atoms with Gasteiger partial charge >= 0.3 is 0 Å². The lowest BCUT2D eigenvalue weighted by molar-refractivity contribution is 0.452. The van der Waals surface area contributed by atoms with E-state index >= 15 is 0 Å². The van der Waals surface area contributed by atoms with Crippen molar-refractivity contribution in [1.29, 1.82) is 0 Å². The van der Waals surface area contributed by atoms with Crippen LogP contribution in [-0.2, 0) is 9.84 Å². The summed E-state index contributed by atoms with van der Waals surface area (Å²) < 4.78 is 22.8. The standard InChI is InChI=1S/C11H17N3O2S/c1-17(15,16)10-5-3-9(4-6-10)14-11-12-7-2-8-13-11/h2,7-10H,3-6H2,1H3,(H,12,13,14). The lowest BCUT2D eigenvalue weighted by Gasteiger charge is -2.27. The molecule has 0 radical (unpaired) electrons. The number of rotatable bonds is 3. The minimum atomic E-state index is -2.88. The van der Waals surface area contributed by atoms with Gasteiger partial charge < -0.3 is 5.32 Å². The summed E-state index contributed by atoms with van der Waals surface area (Å²) in [5.74, 6) is 0.621. The highest BCUT2D eigenvalue weighted by Gasteiger charge is 2.27. The Hall–Kier alpha value is -1.17. The molecule has 0 saturated heterocycles. The second kappa shape index (κ2) is 5.00. The van der Waals surface area contributed by atoms with Crippen molar-refractivity contribution in [3.8, 4) is 0 Å². The van der Waals surface area contributed by atoms with Crippen molar-refractivity contribution < 1.29 is 8.42 Å². The van der Waals surface area contributed by atoms with E-state index in [1.807, 2.05) is 0 Å². The molecule has 1 aliphatic rings. The maximum absolute atomic E-state index is 11.4. The van der Waals surface area contributed by atoms with E-state index in [2.05, 4.69) is 15.3 Å². The molecule has 0 aliphatic heterocycles. The summed E-state index contributed by atoms with van der Waals surface area (Å²) in [6.07, 6.45) is 7.87. The van der Waals surface area contributed by atoms with E-state index in [1.54, 1.807) is 18.5 Å². The van der Waals surface area contributed by atoms with Crippen molar-refractivity contribution in [2.75, 3.05) is 11.6 Å². The van der Waals surface area contributed by atoms with Gasteiger partial charge in [0.25, 0.3) is 0 Å². The van der Waals surface area contributed by atoms with Crippen LogP contribution in [0.2, 0.25) is 0 Å². The van der Waals surface area contributed by atoms with Crippen LogP contribution < -0.4 is 5.32 Å². The van der Waals surface area contributed by atoms with Crippen molar-refractivity contribution in [3.05, 3.63) is 18.5 Å². The van der Waals surface area contributed by atoms with Crippen molar-refractivity contribution >= 4 is 15.8 Å². The van der Waals surface area contributed by atoms with E-state index in [1.165, 1.54) is 6.26 Å². The van der Waals surface area contributed by atoms with E-state index < -0.39 is 9.84 Å². The minimum Gasteiger partial charge on any atom is -0.351 e. The molecule has 1 aliphatic carbocycles. The number of nitrogens with zero attached hydrogens (tertiary/aromatic N) is 2. The fourth-order valence-corrected chi connectivity index (χ4v) is 3.32. The van der Waals surface area contributed by atoms with Crippen molar-refractivity contribution in [3.63, 3.8) is 0 Å². The molecule has 0 aromatic carbocycles. The highest BCUT2D eigenvalue weighted by molar-refractivity contribution is 7.91. The van der Waals surface area contributed by atoms with E-state index in [-0.39, 0.29) is 11.3 Å². The predicted octanol–water partition coefficient (Wildman–Crippen LogP) is 1.24. The Kier molecular flexibility index (Phi) is 3.61. The van der Waals surface area contributed by atoms with Gasteiger partial charge in [0.2, 0.25) is 5.95 Å². The fraction of sp³-hybridized carbons (Fsp3) is 0.636. The molecule has 0 spiro atoms. The molecule has 0 unspecified atom stereocenters. The summed E-state index contributed by atoms with van der Waals surface area (Å²) in [5.41, 5.74) is 0. The van der Waals surface area contributed by atoms with E-state index in [9.17, 15) is 8.42 Å². The number of anilines is 1. The predicted molar refractivity (Wildman–Crippen MR) is 66.5 cm³/mol. The van der Waals surface area contributed by atoms with E-state index in [4.69, 9.17) is 0 Å². The molecule has 0 bridgehead atoms.